The quantitative estimate of drug-likeness (QED) is 0.866. The molecule has 1 unspecified atom stereocenters. The van der Waals surface area contributed by atoms with Crippen LogP contribution in [0.3, 0.4) is 0 Å². The maximum Gasteiger partial charge on any atom is 0.262 e. The van der Waals surface area contributed by atoms with Crippen LogP contribution in [0, 0.1) is 0 Å². The van der Waals surface area contributed by atoms with Crippen molar-refractivity contribution in [1.82, 2.24) is 5.32 Å². The lowest BCUT2D eigenvalue weighted by molar-refractivity contribution is 0.0937. The molecule has 0 saturated heterocycles. The molecular weight excluding hydrogens is 320 g/mol. The van der Waals surface area contributed by atoms with Crippen molar-refractivity contribution in [3.8, 4) is 11.5 Å². The smallest absolute Gasteiger partial charge is 0.262 e. The van der Waals surface area contributed by atoms with E-state index in [1.165, 1.54) is 0 Å². The largest absolute Gasteiger partial charge is 0.486 e. The number of carbonyl (C=O) groups is 2. The van der Waals surface area contributed by atoms with Crippen molar-refractivity contribution in [2.24, 2.45) is 0 Å². The number of benzene rings is 2. The summed E-state index contributed by atoms with van der Waals surface area (Å²) < 4.78 is 11.3. The highest BCUT2D eigenvalue weighted by atomic mass is 16.6. The summed E-state index contributed by atoms with van der Waals surface area (Å²) in [5.41, 5.74) is 1.53. The number of carbonyl (C=O) groups excluding carboxylic acids is 2. The number of hydrogen-bond donors (Lipinski definition) is 1. The molecule has 0 fully saturated rings. The van der Waals surface area contributed by atoms with Gasteiger partial charge in [-0.25, -0.2) is 0 Å². The summed E-state index contributed by atoms with van der Waals surface area (Å²) in [4.78, 5) is 27.3. The van der Waals surface area contributed by atoms with E-state index in [9.17, 15) is 9.59 Å². The van der Waals surface area contributed by atoms with Gasteiger partial charge >= 0.3 is 0 Å². The molecule has 128 valence electrons. The van der Waals surface area contributed by atoms with Gasteiger partial charge in [0.2, 0.25) is 0 Å². The fourth-order valence-electron chi connectivity index (χ4n) is 3.20. The molecule has 2 amide bonds. The molecule has 1 N–H and O–H groups in total. The van der Waals surface area contributed by atoms with E-state index in [-0.39, 0.29) is 17.9 Å². The van der Waals surface area contributed by atoms with Crippen LogP contribution in [0.15, 0.2) is 42.5 Å². The molecule has 25 heavy (non-hydrogen) atoms. The first-order valence-corrected chi connectivity index (χ1v) is 8.25. The molecule has 2 aliphatic rings. The van der Waals surface area contributed by atoms with Gasteiger partial charge in [-0.3, -0.25) is 9.59 Å². The average Bonchev–Trinajstić information content (AvgIpc) is 2.77. The van der Waals surface area contributed by atoms with Gasteiger partial charge in [0.05, 0.1) is 16.8 Å². The second-order valence-electron chi connectivity index (χ2n) is 6.14. The van der Waals surface area contributed by atoms with E-state index in [4.69, 9.17) is 9.47 Å². The Morgan fingerprint density at radius 1 is 1.12 bits per heavy atom. The first kappa shape index (κ1) is 15.5. The highest BCUT2D eigenvalue weighted by Crippen LogP contribution is 2.35. The van der Waals surface area contributed by atoms with Gasteiger partial charge in [0.1, 0.15) is 13.2 Å². The van der Waals surface area contributed by atoms with Crippen molar-refractivity contribution < 1.29 is 19.1 Å². The van der Waals surface area contributed by atoms with Crippen LogP contribution in [0.1, 0.15) is 27.6 Å². The molecule has 4 rings (SSSR count). The lowest BCUT2D eigenvalue weighted by Crippen LogP contribution is -2.41. The zero-order valence-corrected chi connectivity index (χ0v) is 13.8. The van der Waals surface area contributed by atoms with Crippen molar-refractivity contribution in [1.29, 1.82) is 0 Å². The first-order chi connectivity index (χ1) is 12.1. The third-order valence-corrected chi connectivity index (χ3v) is 4.32. The molecule has 0 saturated carbocycles. The van der Waals surface area contributed by atoms with Crippen LogP contribution in [-0.2, 0) is 0 Å². The first-order valence-electron chi connectivity index (χ1n) is 8.25. The standard InChI is InChI=1S/C19H18N2O4/c1-12-11-21(15-7-3-2-5-13(15)18(22)20-12)19(23)14-6-4-8-16-17(14)25-10-9-24-16/h2-8,12H,9-11H2,1H3,(H,20,22). The fraction of sp³-hybridized carbons (Fsp3) is 0.263. The van der Waals surface area contributed by atoms with Crippen molar-refractivity contribution in [2.45, 2.75) is 13.0 Å². The Morgan fingerprint density at radius 3 is 2.80 bits per heavy atom. The van der Waals surface area contributed by atoms with Crippen molar-refractivity contribution in [2.75, 3.05) is 24.7 Å². The van der Waals surface area contributed by atoms with Gasteiger partial charge in [0.25, 0.3) is 11.8 Å². The minimum atomic E-state index is -0.210. The minimum absolute atomic E-state index is 0.166. The van der Waals surface area contributed by atoms with Gasteiger partial charge in [-0.15, -0.1) is 0 Å². The van der Waals surface area contributed by atoms with Gasteiger partial charge in [0, 0.05) is 12.6 Å². The zero-order valence-electron chi connectivity index (χ0n) is 13.8. The Balaban J connectivity index is 1.80. The van der Waals surface area contributed by atoms with E-state index in [2.05, 4.69) is 5.32 Å². The molecule has 2 aromatic carbocycles. The van der Waals surface area contributed by atoms with Crippen LogP contribution in [0.4, 0.5) is 5.69 Å². The number of nitrogens with one attached hydrogen (secondary N) is 1. The molecule has 0 aliphatic carbocycles. The Labute approximate surface area is 145 Å². The highest BCUT2D eigenvalue weighted by Gasteiger charge is 2.31. The Hall–Kier alpha value is -3.02. The topological polar surface area (TPSA) is 67.9 Å². The highest BCUT2D eigenvalue weighted by molar-refractivity contribution is 6.12. The average molecular weight is 338 g/mol. The van der Waals surface area contributed by atoms with E-state index >= 15 is 0 Å². The van der Waals surface area contributed by atoms with Crippen LogP contribution < -0.4 is 19.7 Å². The Kier molecular flexibility index (Phi) is 3.80. The Bertz CT molecular complexity index is 849. The lowest BCUT2D eigenvalue weighted by Gasteiger charge is -2.26. The maximum absolute atomic E-state index is 13.3. The number of fused-ring (bicyclic) bond motifs is 2. The van der Waals surface area contributed by atoms with E-state index < -0.39 is 0 Å². The van der Waals surface area contributed by atoms with Gasteiger partial charge in [-0.2, -0.15) is 0 Å². The maximum atomic E-state index is 13.3. The number of para-hydroxylation sites is 2. The minimum Gasteiger partial charge on any atom is -0.486 e. The van der Waals surface area contributed by atoms with Gasteiger partial charge in [0.15, 0.2) is 11.5 Å². The number of nitrogens with zero attached hydrogens (tertiary/aromatic N) is 1. The summed E-state index contributed by atoms with van der Waals surface area (Å²) in [6.07, 6.45) is 0. The molecule has 1 atom stereocenters. The Morgan fingerprint density at radius 2 is 1.92 bits per heavy atom. The summed E-state index contributed by atoms with van der Waals surface area (Å²) in [6, 6.07) is 12.2. The number of ether oxygens (including phenoxy) is 2. The van der Waals surface area contributed by atoms with Crippen LogP contribution in [0.5, 0.6) is 11.5 Å². The summed E-state index contributed by atoms with van der Waals surface area (Å²) in [7, 11) is 0. The monoisotopic (exact) mass is 338 g/mol. The number of rotatable bonds is 1. The predicted octanol–water partition coefficient (Wildman–Crippen LogP) is 2.24. The molecular formula is C19H18N2O4. The number of hydrogen-bond acceptors (Lipinski definition) is 4. The summed E-state index contributed by atoms with van der Waals surface area (Å²) in [5.74, 6) is 0.654. The summed E-state index contributed by atoms with van der Waals surface area (Å²) >= 11 is 0. The second-order valence-corrected chi connectivity index (χ2v) is 6.14. The molecule has 6 nitrogen and oxygen atoms in total. The van der Waals surface area contributed by atoms with E-state index in [0.717, 1.165) is 0 Å². The molecule has 2 heterocycles. The fourth-order valence-corrected chi connectivity index (χ4v) is 3.20. The molecule has 0 spiro atoms. The normalized spacial score (nSPS) is 18.8. The third-order valence-electron chi connectivity index (χ3n) is 4.32. The zero-order chi connectivity index (χ0) is 17.4. The molecule has 2 aliphatic heterocycles. The van der Waals surface area contributed by atoms with E-state index in [1.807, 2.05) is 13.0 Å². The lowest BCUT2D eigenvalue weighted by atomic mass is 10.1. The number of anilines is 1. The van der Waals surface area contributed by atoms with Crippen LogP contribution in [0.25, 0.3) is 0 Å². The van der Waals surface area contributed by atoms with Crippen molar-refractivity contribution >= 4 is 17.5 Å². The van der Waals surface area contributed by atoms with Crippen molar-refractivity contribution in [3.63, 3.8) is 0 Å². The summed E-state index contributed by atoms with van der Waals surface area (Å²) in [6.45, 7) is 3.13. The molecule has 0 radical (unpaired) electrons. The molecule has 6 heteroatoms. The van der Waals surface area contributed by atoms with Crippen molar-refractivity contribution in [3.05, 3.63) is 53.6 Å². The number of amides is 2. The second kappa shape index (κ2) is 6.12. The van der Waals surface area contributed by atoms with Gasteiger partial charge < -0.3 is 19.7 Å². The molecule has 2 aromatic rings. The van der Waals surface area contributed by atoms with Gasteiger partial charge in [-0.1, -0.05) is 18.2 Å². The van der Waals surface area contributed by atoms with Crippen LogP contribution in [0.2, 0.25) is 0 Å². The molecule has 0 aromatic heterocycles. The molecule has 0 bridgehead atoms. The summed E-state index contributed by atoms with van der Waals surface area (Å²) in [5, 5.41) is 2.91. The van der Waals surface area contributed by atoms with Crippen LogP contribution >= 0.6 is 0 Å². The van der Waals surface area contributed by atoms with Crippen LogP contribution in [-0.4, -0.2) is 37.6 Å². The van der Waals surface area contributed by atoms with E-state index in [1.54, 1.807) is 41.3 Å². The van der Waals surface area contributed by atoms with Gasteiger partial charge in [-0.05, 0) is 31.2 Å². The SMILES string of the molecule is CC1CN(C(=O)c2cccc3c2OCCO3)c2ccccc2C(=O)N1. The predicted molar refractivity (Wildman–Crippen MR) is 92.5 cm³/mol. The van der Waals surface area contributed by atoms with E-state index in [0.29, 0.717) is 48.1 Å². The third kappa shape index (κ3) is 2.69.